The van der Waals surface area contributed by atoms with Crippen molar-refractivity contribution in [2.45, 2.75) is 365 Å². The smallest absolute Gasteiger partial charge is 0.462 e. The molecule has 6 N–H and O–H groups in total. The maximum absolute atomic E-state index is 12.9. The lowest BCUT2D eigenvalue weighted by Crippen LogP contribution is -2.64. The second-order valence-corrected chi connectivity index (χ2v) is 24.0. The molecule has 0 saturated heterocycles. The normalized spacial score (nSPS) is 20.1. The minimum absolute atomic E-state index is 0.106. The molecule has 0 amide bonds. The van der Waals surface area contributed by atoms with Crippen LogP contribution in [0.4, 0.5) is 0 Å². The van der Waals surface area contributed by atoms with Gasteiger partial charge in [-0.2, -0.15) is 0 Å². The lowest BCUT2D eigenvalue weighted by Gasteiger charge is -2.41. The van der Waals surface area contributed by atoms with Crippen LogP contribution in [-0.4, -0.2) is 98.3 Å². The van der Waals surface area contributed by atoms with Crippen LogP contribution in [0.1, 0.15) is 322 Å². The quantitative estimate of drug-likeness (QED) is 0.0190. The van der Waals surface area contributed by atoms with Crippen molar-refractivity contribution in [3.8, 4) is 0 Å². The van der Waals surface area contributed by atoms with E-state index in [0.29, 0.717) is 12.8 Å². The summed E-state index contributed by atoms with van der Waals surface area (Å²) >= 11 is 0. The Morgan fingerprint density at radius 2 is 0.600 bits per heavy atom. The Hall–Kier alpha value is -1.15. The molecule has 0 aromatic heterocycles. The highest BCUT2D eigenvalue weighted by atomic mass is 31.2. The van der Waals surface area contributed by atoms with Gasteiger partial charge in [-0.05, 0) is 12.8 Å². The molecule has 0 bridgehead atoms. The Morgan fingerprint density at radius 1 is 0.360 bits per heavy atom. The van der Waals surface area contributed by atoms with Gasteiger partial charge in [-0.25, -0.2) is 4.57 Å². The summed E-state index contributed by atoms with van der Waals surface area (Å²) in [4.78, 5) is 36.1. The van der Waals surface area contributed by atoms with Gasteiger partial charge in [-0.1, -0.05) is 296 Å². The van der Waals surface area contributed by atoms with Crippen molar-refractivity contribution < 1.29 is 63.1 Å². The molecule has 0 aromatic carbocycles. The molecule has 0 aromatic rings. The van der Waals surface area contributed by atoms with E-state index in [4.69, 9.17) is 18.5 Å². The summed E-state index contributed by atoms with van der Waals surface area (Å²) in [6.45, 7) is 3.40. The average molecular weight is 1090 g/mol. The van der Waals surface area contributed by atoms with Gasteiger partial charge in [-0.3, -0.25) is 18.6 Å². The van der Waals surface area contributed by atoms with E-state index in [2.05, 4.69) is 13.8 Å². The van der Waals surface area contributed by atoms with Crippen molar-refractivity contribution in [3.63, 3.8) is 0 Å². The summed E-state index contributed by atoms with van der Waals surface area (Å²) in [5, 5.41) is 50.5. The van der Waals surface area contributed by atoms with E-state index in [-0.39, 0.29) is 12.8 Å². The molecule has 0 heterocycles. The molecule has 1 saturated carbocycles. The van der Waals surface area contributed by atoms with Gasteiger partial charge in [0.25, 0.3) is 0 Å². The van der Waals surface area contributed by atoms with Gasteiger partial charge >= 0.3 is 19.8 Å². The Bertz CT molecular complexity index is 1310. The lowest BCUT2D eigenvalue weighted by molar-refractivity contribution is -0.220. The van der Waals surface area contributed by atoms with E-state index in [1.807, 2.05) is 0 Å². The zero-order chi connectivity index (χ0) is 54.9. The molecule has 75 heavy (non-hydrogen) atoms. The Labute approximate surface area is 459 Å². The van der Waals surface area contributed by atoms with E-state index in [1.165, 1.54) is 244 Å². The van der Waals surface area contributed by atoms with Crippen molar-refractivity contribution in [1.82, 2.24) is 0 Å². The largest absolute Gasteiger partial charge is 0.472 e. The lowest BCUT2D eigenvalue weighted by atomic mass is 9.85. The van der Waals surface area contributed by atoms with Gasteiger partial charge in [-0.15, -0.1) is 0 Å². The van der Waals surface area contributed by atoms with E-state index in [1.54, 1.807) is 0 Å². The summed E-state index contributed by atoms with van der Waals surface area (Å²) in [5.74, 6) is -1.07. The maximum Gasteiger partial charge on any atom is 0.472 e. The van der Waals surface area contributed by atoms with Crippen LogP contribution in [0.25, 0.3) is 0 Å². The molecule has 0 radical (unpaired) electrons. The number of aliphatic hydroxyl groups excluding tert-OH is 5. The SMILES string of the molecule is CCCCCCCCCCCCCCCCCCCCCCCCCCC(=O)OC(COC(=O)CCCCCCCCCCCCCCCCCCCCCCCC)COP(=O)(O)OC1C(O)C(O)C(O)C(O)C1O. The van der Waals surface area contributed by atoms with Crippen LogP contribution < -0.4 is 0 Å². The number of phosphoric acid groups is 1. The second kappa shape index (κ2) is 51.0. The van der Waals surface area contributed by atoms with Crippen molar-refractivity contribution in [2.24, 2.45) is 0 Å². The zero-order valence-corrected chi connectivity index (χ0v) is 49.3. The minimum atomic E-state index is -5.12. The standard InChI is InChI=1S/C61H119O13P/c1-3-5-7-9-11-13-15-17-19-21-23-25-27-28-30-32-34-36-38-40-42-44-46-48-50-55(63)73-53(52-72-75(69,70)74-61-59(67)57(65)56(64)58(66)60(61)68)51-71-54(62)49-47-45-43-41-39-37-35-33-31-29-26-24-22-20-18-16-14-12-10-8-6-4-2/h53,56-61,64-68H,3-52H2,1-2H3,(H,69,70). The number of phosphoric ester groups is 1. The van der Waals surface area contributed by atoms with Crippen molar-refractivity contribution >= 4 is 19.8 Å². The first-order valence-electron chi connectivity index (χ1n) is 31.8. The molecule has 13 nitrogen and oxygen atoms in total. The van der Waals surface area contributed by atoms with Crippen LogP contribution >= 0.6 is 7.82 Å². The minimum Gasteiger partial charge on any atom is -0.462 e. The van der Waals surface area contributed by atoms with Crippen LogP contribution in [0, 0.1) is 0 Å². The highest BCUT2D eigenvalue weighted by Crippen LogP contribution is 2.47. The van der Waals surface area contributed by atoms with Crippen LogP contribution in [-0.2, 0) is 32.7 Å². The maximum atomic E-state index is 12.9. The van der Waals surface area contributed by atoms with Gasteiger partial charge in [0, 0.05) is 12.8 Å². The molecule has 14 heteroatoms. The molecule has 0 aliphatic heterocycles. The average Bonchev–Trinajstić information content (AvgIpc) is 3.39. The first-order valence-corrected chi connectivity index (χ1v) is 33.3. The fraction of sp³-hybridized carbons (Fsp3) is 0.967. The third kappa shape index (κ3) is 42.4. The Kier molecular flexibility index (Phi) is 48.9. The predicted octanol–water partition coefficient (Wildman–Crippen LogP) is 15.5. The number of hydrogen-bond acceptors (Lipinski definition) is 12. The molecule has 1 rings (SSSR count). The first kappa shape index (κ1) is 71.9. The van der Waals surface area contributed by atoms with Gasteiger partial charge in [0.2, 0.25) is 0 Å². The van der Waals surface area contributed by atoms with Gasteiger partial charge in [0.15, 0.2) is 6.10 Å². The monoisotopic (exact) mass is 1090 g/mol. The zero-order valence-electron chi connectivity index (χ0n) is 48.4. The number of hydrogen-bond donors (Lipinski definition) is 6. The predicted molar refractivity (Wildman–Crippen MR) is 304 cm³/mol. The van der Waals surface area contributed by atoms with E-state index >= 15 is 0 Å². The molecule has 6 unspecified atom stereocenters. The number of esters is 2. The fourth-order valence-electron chi connectivity index (χ4n) is 10.4. The molecule has 1 aliphatic rings. The Morgan fingerprint density at radius 3 is 0.880 bits per heavy atom. The van der Waals surface area contributed by atoms with Crippen LogP contribution in [0.3, 0.4) is 0 Å². The van der Waals surface area contributed by atoms with Gasteiger partial charge < -0.3 is 39.9 Å². The summed E-state index contributed by atoms with van der Waals surface area (Å²) in [6, 6.07) is 0. The number of rotatable bonds is 56. The van der Waals surface area contributed by atoms with E-state index in [0.717, 1.165) is 38.5 Å². The summed E-state index contributed by atoms with van der Waals surface area (Å²) in [6.07, 6.45) is 45.9. The van der Waals surface area contributed by atoms with Crippen molar-refractivity contribution in [3.05, 3.63) is 0 Å². The molecular weight excluding hydrogens is 972 g/mol. The van der Waals surface area contributed by atoms with Gasteiger partial charge in [0.1, 0.15) is 43.2 Å². The summed E-state index contributed by atoms with van der Waals surface area (Å²) in [5.41, 5.74) is 0. The summed E-state index contributed by atoms with van der Waals surface area (Å²) < 4.78 is 33.9. The third-order valence-corrected chi connectivity index (χ3v) is 16.4. The number of aliphatic hydroxyl groups is 5. The third-order valence-electron chi connectivity index (χ3n) is 15.4. The molecule has 1 aliphatic carbocycles. The van der Waals surface area contributed by atoms with Crippen LogP contribution in [0.2, 0.25) is 0 Å². The van der Waals surface area contributed by atoms with Gasteiger partial charge in [0.05, 0.1) is 6.61 Å². The molecule has 0 spiro atoms. The highest BCUT2D eigenvalue weighted by molar-refractivity contribution is 7.47. The van der Waals surface area contributed by atoms with E-state index < -0.39 is 75.7 Å². The topological polar surface area (TPSA) is 210 Å². The molecular formula is C61H119O13P. The number of ether oxygens (including phenoxy) is 2. The molecule has 6 atom stereocenters. The highest BCUT2D eigenvalue weighted by Gasteiger charge is 2.51. The van der Waals surface area contributed by atoms with Crippen molar-refractivity contribution in [2.75, 3.05) is 13.2 Å². The van der Waals surface area contributed by atoms with Crippen molar-refractivity contribution in [1.29, 1.82) is 0 Å². The summed E-state index contributed by atoms with van der Waals surface area (Å²) in [7, 11) is -5.12. The molecule has 1 fully saturated rings. The first-order chi connectivity index (χ1) is 36.4. The van der Waals surface area contributed by atoms with Crippen LogP contribution in [0.15, 0.2) is 0 Å². The number of carbonyl (C=O) groups excluding carboxylic acids is 2. The van der Waals surface area contributed by atoms with Crippen LogP contribution in [0.5, 0.6) is 0 Å². The number of unbranched alkanes of at least 4 members (excludes halogenated alkanes) is 44. The van der Waals surface area contributed by atoms with E-state index in [9.17, 15) is 44.6 Å². The fourth-order valence-corrected chi connectivity index (χ4v) is 11.4. The Balaban J connectivity index is 2.26. The number of carbonyl (C=O) groups is 2. The molecule has 446 valence electrons. The second-order valence-electron chi connectivity index (χ2n) is 22.6.